The Kier molecular flexibility index (Phi) is 7.06. The van der Waals surface area contributed by atoms with Gasteiger partial charge in [0.2, 0.25) is 5.95 Å². The van der Waals surface area contributed by atoms with E-state index in [1.807, 2.05) is 42.5 Å². The van der Waals surface area contributed by atoms with Crippen molar-refractivity contribution in [1.82, 2.24) is 15.0 Å². The third-order valence-electron chi connectivity index (χ3n) is 4.82. The molecule has 0 bridgehead atoms. The van der Waals surface area contributed by atoms with Crippen LogP contribution in [0.1, 0.15) is 31.4 Å². The summed E-state index contributed by atoms with van der Waals surface area (Å²) in [5, 5.41) is 15.5. The summed E-state index contributed by atoms with van der Waals surface area (Å²) >= 11 is 0. The molecular weight excluding hydrogens is 407 g/mol. The fraction of sp³-hybridized carbons (Fsp3) is 0.318. The van der Waals surface area contributed by atoms with Gasteiger partial charge in [0.15, 0.2) is 0 Å². The Bertz CT molecular complexity index is 981. The van der Waals surface area contributed by atoms with Gasteiger partial charge in [-0.1, -0.05) is 37.3 Å². The molecule has 2 aromatic heterocycles. The summed E-state index contributed by atoms with van der Waals surface area (Å²) in [4.78, 5) is 12.1. The molecule has 3 aromatic rings. The van der Waals surface area contributed by atoms with Gasteiger partial charge in [0, 0.05) is 24.5 Å². The summed E-state index contributed by atoms with van der Waals surface area (Å²) in [6, 6.07) is 12.7. The molecule has 0 aliphatic heterocycles. The zero-order valence-corrected chi connectivity index (χ0v) is 17.2. The molecule has 1 aromatic carbocycles. The summed E-state index contributed by atoms with van der Waals surface area (Å²) < 4.78 is 40.0. The van der Waals surface area contributed by atoms with E-state index in [0.29, 0.717) is 13.0 Å². The fourth-order valence-electron chi connectivity index (χ4n) is 2.96. The van der Waals surface area contributed by atoms with E-state index >= 15 is 0 Å². The molecule has 9 heteroatoms. The normalized spacial score (nSPS) is 13.5. The maximum Gasteiger partial charge on any atom is 0.421 e. The van der Waals surface area contributed by atoms with Gasteiger partial charge in [0.25, 0.3) is 0 Å². The molecule has 0 radical (unpaired) electrons. The molecule has 0 aliphatic rings. The number of halogens is 3. The summed E-state index contributed by atoms with van der Waals surface area (Å²) in [5.41, 5.74) is 1.75. The molecule has 31 heavy (non-hydrogen) atoms. The molecule has 0 saturated heterocycles. The molecule has 0 saturated carbocycles. The van der Waals surface area contributed by atoms with E-state index in [2.05, 4.69) is 25.6 Å². The number of nitrogens with zero attached hydrogens (tertiary/aromatic N) is 3. The average Bonchev–Trinajstić information content (AvgIpc) is 2.77. The molecule has 0 aliphatic carbocycles. The van der Waals surface area contributed by atoms with Crippen LogP contribution >= 0.6 is 0 Å². The number of rotatable bonds is 8. The molecule has 2 atom stereocenters. The minimum Gasteiger partial charge on any atom is -0.391 e. The van der Waals surface area contributed by atoms with Crippen molar-refractivity contribution in [2.24, 2.45) is 0 Å². The monoisotopic (exact) mass is 431 g/mol. The number of alkyl halides is 3. The molecule has 6 nitrogen and oxygen atoms in total. The maximum absolute atomic E-state index is 13.3. The minimum atomic E-state index is -4.61. The highest BCUT2D eigenvalue weighted by molar-refractivity contribution is 5.59. The van der Waals surface area contributed by atoms with Gasteiger partial charge in [-0.15, -0.1) is 0 Å². The van der Waals surface area contributed by atoms with Gasteiger partial charge >= 0.3 is 6.18 Å². The Hall–Kier alpha value is -3.20. The number of aromatic nitrogens is 3. The van der Waals surface area contributed by atoms with Crippen molar-refractivity contribution >= 4 is 11.8 Å². The zero-order valence-electron chi connectivity index (χ0n) is 17.2. The van der Waals surface area contributed by atoms with Crippen molar-refractivity contribution < 1.29 is 18.3 Å². The van der Waals surface area contributed by atoms with Crippen LogP contribution in [0.15, 0.2) is 54.9 Å². The van der Waals surface area contributed by atoms with Crippen molar-refractivity contribution in [2.45, 2.75) is 45.1 Å². The standard InChI is InChI=1S/C22H24F3N5O/c1-3-19(31)14(2)29-20-17(22(23,24)25)13-28-21(30-20)27-12-15-7-9-16(10-8-15)18-6-4-5-11-26-18/h4-11,13-14,19,31H,3,12H2,1-2H3,(H2,27,28,29,30)/t14-,19-/m1/s1. The molecule has 3 N–H and O–H groups in total. The first-order valence-electron chi connectivity index (χ1n) is 9.91. The van der Waals surface area contributed by atoms with E-state index in [1.165, 1.54) is 0 Å². The maximum atomic E-state index is 13.3. The van der Waals surface area contributed by atoms with Gasteiger partial charge in [0.05, 0.1) is 17.8 Å². The highest BCUT2D eigenvalue weighted by Crippen LogP contribution is 2.34. The van der Waals surface area contributed by atoms with E-state index < -0.39 is 23.9 Å². The second kappa shape index (κ2) is 9.74. The number of hydrogen-bond acceptors (Lipinski definition) is 6. The highest BCUT2D eigenvalue weighted by atomic mass is 19.4. The molecule has 0 fully saturated rings. The van der Waals surface area contributed by atoms with Gasteiger partial charge < -0.3 is 15.7 Å². The molecule has 0 amide bonds. The highest BCUT2D eigenvalue weighted by Gasteiger charge is 2.36. The largest absolute Gasteiger partial charge is 0.421 e. The number of benzene rings is 1. The van der Waals surface area contributed by atoms with Gasteiger partial charge in [0.1, 0.15) is 11.4 Å². The summed E-state index contributed by atoms with van der Waals surface area (Å²) in [6.07, 6.45) is -2.55. The number of nitrogens with one attached hydrogen (secondary N) is 2. The SMILES string of the molecule is CC[C@@H](O)[C@@H](C)Nc1nc(NCc2ccc(-c3ccccn3)cc2)ncc1C(F)(F)F. The summed E-state index contributed by atoms with van der Waals surface area (Å²) in [6.45, 7) is 3.69. The lowest BCUT2D eigenvalue weighted by molar-refractivity contribution is -0.137. The third-order valence-corrected chi connectivity index (χ3v) is 4.82. The van der Waals surface area contributed by atoms with Crippen LogP contribution in [0.3, 0.4) is 0 Å². The Morgan fingerprint density at radius 2 is 1.81 bits per heavy atom. The minimum absolute atomic E-state index is 0.0579. The summed E-state index contributed by atoms with van der Waals surface area (Å²) in [5.74, 6) is -0.307. The molecule has 0 unspecified atom stereocenters. The van der Waals surface area contributed by atoms with Gasteiger partial charge in [-0.05, 0) is 31.0 Å². The smallest absolute Gasteiger partial charge is 0.391 e. The van der Waals surface area contributed by atoms with Crippen LogP contribution in [0.4, 0.5) is 24.9 Å². The van der Waals surface area contributed by atoms with E-state index in [0.717, 1.165) is 23.0 Å². The Balaban J connectivity index is 1.73. The first-order chi connectivity index (χ1) is 14.8. The number of aliphatic hydroxyl groups excluding tert-OH is 1. The van der Waals surface area contributed by atoms with Crippen LogP contribution in [0.25, 0.3) is 11.3 Å². The van der Waals surface area contributed by atoms with E-state index in [4.69, 9.17) is 0 Å². The second-order valence-corrected chi connectivity index (χ2v) is 7.13. The quantitative estimate of drug-likeness (QED) is 0.478. The number of pyridine rings is 1. The first kappa shape index (κ1) is 22.5. The van der Waals surface area contributed by atoms with Crippen LogP contribution < -0.4 is 10.6 Å². The molecule has 3 rings (SSSR count). The van der Waals surface area contributed by atoms with E-state index in [1.54, 1.807) is 20.0 Å². The third kappa shape index (κ3) is 5.91. The topological polar surface area (TPSA) is 83.0 Å². The molecular formula is C22H24F3N5O. The van der Waals surface area contributed by atoms with Crippen LogP contribution in [0.5, 0.6) is 0 Å². The van der Waals surface area contributed by atoms with Gasteiger partial charge in [-0.2, -0.15) is 18.2 Å². The summed E-state index contributed by atoms with van der Waals surface area (Å²) in [7, 11) is 0. The van der Waals surface area contributed by atoms with Crippen LogP contribution in [-0.4, -0.2) is 32.2 Å². The fourth-order valence-corrected chi connectivity index (χ4v) is 2.96. The molecule has 2 heterocycles. The van der Waals surface area contributed by atoms with Crippen molar-refractivity contribution in [3.8, 4) is 11.3 Å². The predicted octanol–water partition coefficient (Wildman–Crippen LogP) is 4.74. The van der Waals surface area contributed by atoms with Crippen LogP contribution in [-0.2, 0) is 12.7 Å². The van der Waals surface area contributed by atoms with Crippen molar-refractivity contribution in [3.05, 3.63) is 66.0 Å². The van der Waals surface area contributed by atoms with E-state index in [9.17, 15) is 18.3 Å². The second-order valence-electron chi connectivity index (χ2n) is 7.13. The Morgan fingerprint density at radius 3 is 2.42 bits per heavy atom. The van der Waals surface area contributed by atoms with Crippen LogP contribution in [0, 0.1) is 0 Å². The lowest BCUT2D eigenvalue weighted by atomic mass is 10.1. The molecule has 0 spiro atoms. The number of aliphatic hydroxyl groups is 1. The van der Waals surface area contributed by atoms with Gasteiger partial charge in [-0.3, -0.25) is 4.98 Å². The lowest BCUT2D eigenvalue weighted by Gasteiger charge is -2.22. The number of hydrogen-bond donors (Lipinski definition) is 3. The van der Waals surface area contributed by atoms with Crippen molar-refractivity contribution in [2.75, 3.05) is 10.6 Å². The van der Waals surface area contributed by atoms with Crippen LogP contribution in [0.2, 0.25) is 0 Å². The number of anilines is 2. The average molecular weight is 431 g/mol. The Morgan fingerprint density at radius 1 is 1.06 bits per heavy atom. The van der Waals surface area contributed by atoms with Gasteiger partial charge in [-0.25, -0.2) is 4.98 Å². The van der Waals surface area contributed by atoms with Crippen molar-refractivity contribution in [1.29, 1.82) is 0 Å². The Labute approximate surface area is 178 Å². The molecule has 164 valence electrons. The lowest BCUT2D eigenvalue weighted by Crippen LogP contribution is -2.31. The first-order valence-corrected chi connectivity index (χ1v) is 9.91. The van der Waals surface area contributed by atoms with Crippen molar-refractivity contribution in [3.63, 3.8) is 0 Å². The van der Waals surface area contributed by atoms with E-state index in [-0.39, 0.29) is 11.8 Å². The zero-order chi connectivity index (χ0) is 22.4. The predicted molar refractivity (Wildman–Crippen MR) is 113 cm³/mol.